The van der Waals surface area contributed by atoms with Crippen molar-refractivity contribution in [1.82, 2.24) is 15.2 Å². The van der Waals surface area contributed by atoms with Gasteiger partial charge in [0.05, 0.1) is 0 Å². The highest BCUT2D eigenvalue weighted by Crippen LogP contribution is 2.22. The number of hydrogen-bond acceptors (Lipinski definition) is 3. The fourth-order valence-corrected chi connectivity index (χ4v) is 3.45. The van der Waals surface area contributed by atoms with Crippen molar-refractivity contribution >= 4 is 5.91 Å². The second-order valence-electron chi connectivity index (χ2n) is 6.80. The SMILES string of the molecule is O=C(NCCN1CCC(CCc2ccccc2)CC1)c1ccncc1. The average molecular weight is 337 g/mol. The first-order valence-corrected chi connectivity index (χ1v) is 9.26. The highest BCUT2D eigenvalue weighted by molar-refractivity contribution is 5.93. The van der Waals surface area contributed by atoms with Gasteiger partial charge in [-0.1, -0.05) is 30.3 Å². The van der Waals surface area contributed by atoms with Crippen molar-refractivity contribution in [3.05, 3.63) is 66.0 Å². The molecular formula is C21H27N3O. The molecule has 1 fully saturated rings. The fraction of sp³-hybridized carbons (Fsp3) is 0.429. The minimum absolute atomic E-state index is 0.0138. The van der Waals surface area contributed by atoms with Gasteiger partial charge in [-0.05, 0) is 62.4 Å². The molecule has 1 aliphatic heterocycles. The first kappa shape index (κ1) is 17.6. The lowest BCUT2D eigenvalue weighted by atomic mass is 9.90. The molecule has 0 spiro atoms. The molecule has 0 saturated carbocycles. The van der Waals surface area contributed by atoms with Gasteiger partial charge >= 0.3 is 0 Å². The van der Waals surface area contributed by atoms with E-state index >= 15 is 0 Å². The normalized spacial score (nSPS) is 15.8. The minimum Gasteiger partial charge on any atom is -0.351 e. The summed E-state index contributed by atoms with van der Waals surface area (Å²) in [5, 5.41) is 3.00. The number of piperidine rings is 1. The van der Waals surface area contributed by atoms with Crippen molar-refractivity contribution in [1.29, 1.82) is 0 Å². The van der Waals surface area contributed by atoms with Crippen LogP contribution in [0.2, 0.25) is 0 Å². The van der Waals surface area contributed by atoms with E-state index in [-0.39, 0.29) is 5.91 Å². The summed E-state index contributed by atoms with van der Waals surface area (Å²) >= 11 is 0. The van der Waals surface area contributed by atoms with Gasteiger partial charge in [-0.3, -0.25) is 9.78 Å². The molecule has 1 saturated heterocycles. The Kier molecular flexibility index (Phi) is 6.57. The third-order valence-corrected chi connectivity index (χ3v) is 5.05. The molecule has 132 valence electrons. The zero-order valence-corrected chi connectivity index (χ0v) is 14.7. The van der Waals surface area contributed by atoms with E-state index in [1.165, 1.54) is 31.2 Å². The van der Waals surface area contributed by atoms with Crippen LogP contribution < -0.4 is 5.32 Å². The lowest BCUT2D eigenvalue weighted by Gasteiger charge is -2.32. The predicted octanol–water partition coefficient (Wildman–Crippen LogP) is 3.16. The highest BCUT2D eigenvalue weighted by atomic mass is 16.1. The summed E-state index contributed by atoms with van der Waals surface area (Å²) in [6, 6.07) is 14.3. The third kappa shape index (κ3) is 5.68. The van der Waals surface area contributed by atoms with Gasteiger partial charge in [0.2, 0.25) is 0 Å². The number of pyridine rings is 1. The summed E-state index contributed by atoms with van der Waals surface area (Å²) in [5.41, 5.74) is 2.12. The van der Waals surface area contributed by atoms with Crippen LogP contribution in [0.5, 0.6) is 0 Å². The molecule has 1 aromatic heterocycles. The summed E-state index contributed by atoms with van der Waals surface area (Å²) in [4.78, 5) is 18.4. The smallest absolute Gasteiger partial charge is 0.251 e. The zero-order valence-electron chi connectivity index (χ0n) is 14.7. The van der Waals surface area contributed by atoms with E-state index in [0.717, 1.165) is 25.6 Å². The third-order valence-electron chi connectivity index (χ3n) is 5.05. The molecule has 4 heteroatoms. The van der Waals surface area contributed by atoms with E-state index in [9.17, 15) is 4.79 Å². The number of nitrogens with zero attached hydrogens (tertiary/aromatic N) is 2. The molecule has 1 aromatic carbocycles. The highest BCUT2D eigenvalue weighted by Gasteiger charge is 2.18. The van der Waals surface area contributed by atoms with Gasteiger partial charge in [-0.2, -0.15) is 0 Å². The Hall–Kier alpha value is -2.20. The Balaban J connectivity index is 1.31. The van der Waals surface area contributed by atoms with Crippen molar-refractivity contribution in [3.63, 3.8) is 0 Å². The van der Waals surface area contributed by atoms with Crippen molar-refractivity contribution in [2.45, 2.75) is 25.7 Å². The second-order valence-corrected chi connectivity index (χ2v) is 6.80. The van der Waals surface area contributed by atoms with Crippen LogP contribution in [0.25, 0.3) is 0 Å². The van der Waals surface area contributed by atoms with Gasteiger partial charge in [-0.25, -0.2) is 0 Å². The number of benzene rings is 1. The largest absolute Gasteiger partial charge is 0.351 e. The molecule has 0 unspecified atom stereocenters. The maximum atomic E-state index is 12.0. The fourth-order valence-electron chi connectivity index (χ4n) is 3.45. The van der Waals surface area contributed by atoms with E-state index in [4.69, 9.17) is 0 Å². The molecular weight excluding hydrogens is 310 g/mol. The molecule has 1 aliphatic rings. The first-order chi connectivity index (χ1) is 12.3. The first-order valence-electron chi connectivity index (χ1n) is 9.26. The maximum absolute atomic E-state index is 12.0. The molecule has 2 heterocycles. The van der Waals surface area contributed by atoms with Crippen molar-refractivity contribution in [2.75, 3.05) is 26.2 Å². The molecule has 0 aliphatic carbocycles. The molecule has 0 radical (unpaired) electrons. The van der Waals surface area contributed by atoms with Crippen LogP contribution in [0.3, 0.4) is 0 Å². The van der Waals surface area contributed by atoms with Crippen LogP contribution in [-0.4, -0.2) is 42.0 Å². The van der Waals surface area contributed by atoms with E-state index < -0.39 is 0 Å². The summed E-state index contributed by atoms with van der Waals surface area (Å²) in [6.07, 6.45) is 8.31. The standard InChI is InChI=1S/C21H27N3O/c25-21(20-8-12-22-13-9-20)23-14-17-24-15-10-19(11-16-24)7-6-18-4-2-1-3-5-18/h1-5,8-9,12-13,19H,6-7,10-11,14-17H2,(H,23,25). The summed E-state index contributed by atoms with van der Waals surface area (Å²) in [6.45, 7) is 3.92. The minimum atomic E-state index is -0.0138. The number of aromatic nitrogens is 1. The number of likely N-dealkylation sites (tertiary alicyclic amines) is 1. The van der Waals surface area contributed by atoms with Crippen LogP contribution in [0.1, 0.15) is 35.2 Å². The topological polar surface area (TPSA) is 45.2 Å². The van der Waals surface area contributed by atoms with Crippen LogP contribution in [0.4, 0.5) is 0 Å². The molecule has 1 amide bonds. The predicted molar refractivity (Wildman–Crippen MR) is 100 cm³/mol. The average Bonchev–Trinajstić information content (AvgIpc) is 2.69. The lowest BCUT2D eigenvalue weighted by molar-refractivity contribution is 0.0943. The van der Waals surface area contributed by atoms with Gasteiger partial charge in [0.25, 0.3) is 5.91 Å². The molecule has 1 N–H and O–H groups in total. The lowest BCUT2D eigenvalue weighted by Crippen LogP contribution is -2.39. The van der Waals surface area contributed by atoms with Gasteiger partial charge in [0, 0.05) is 31.0 Å². The summed E-state index contributed by atoms with van der Waals surface area (Å²) in [5.74, 6) is 0.822. The van der Waals surface area contributed by atoms with Crippen LogP contribution in [0.15, 0.2) is 54.9 Å². The monoisotopic (exact) mass is 337 g/mol. The second kappa shape index (κ2) is 9.33. The van der Waals surface area contributed by atoms with Crippen LogP contribution in [0, 0.1) is 5.92 Å². The molecule has 4 nitrogen and oxygen atoms in total. The van der Waals surface area contributed by atoms with Gasteiger partial charge in [0.1, 0.15) is 0 Å². The number of carbonyl (C=O) groups is 1. The zero-order chi connectivity index (χ0) is 17.3. The van der Waals surface area contributed by atoms with E-state index in [0.29, 0.717) is 12.1 Å². The van der Waals surface area contributed by atoms with Crippen molar-refractivity contribution in [3.8, 4) is 0 Å². The number of aryl methyl sites for hydroxylation is 1. The number of carbonyl (C=O) groups excluding carboxylic acids is 1. The molecule has 0 bridgehead atoms. The maximum Gasteiger partial charge on any atom is 0.251 e. The number of hydrogen-bond donors (Lipinski definition) is 1. The Bertz CT molecular complexity index is 637. The molecule has 25 heavy (non-hydrogen) atoms. The Labute approximate surface area is 150 Å². The molecule has 3 rings (SSSR count). The Morgan fingerprint density at radius 1 is 1.08 bits per heavy atom. The van der Waals surface area contributed by atoms with Crippen molar-refractivity contribution in [2.24, 2.45) is 5.92 Å². The number of rotatable bonds is 7. The van der Waals surface area contributed by atoms with Crippen molar-refractivity contribution < 1.29 is 4.79 Å². The quantitative estimate of drug-likeness (QED) is 0.844. The van der Waals surface area contributed by atoms with E-state index in [2.05, 4.69) is 45.5 Å². The van der Waals surface area contributed by atoms with Gasteiger partial charge in [-0.15, -0.1) is 0 Å². The Morgan fingerprint density at radius 2 is 1.80 bits per heavy atom. The van der Waals surface area contributed by atoms with E-state index in [1.807, 2.05) is 0 Å². The van der Waals surface area contributed by atoms with Gasteiger partial charge in [0.15, 0.2) is 0 Å². The number of amides is 1. The summed E-state index contributed by atoms with van der Waals surface area (Å²) in [7, 11) is 0. The van der Waals surface area contributed by atoms with Gasteiger partial charge < -0.3 is 10.2 Å². The van der Waals surface area contributed by atoms with E-state index in [1.54, 1.807) is 24.5 Å². The molecule has 2 aromatic rings. The molecule has 0 atom stereocenters. The Morgan fingerprint density at radius 3 is 2.52 bits per heavy atom. The van der Waals surface area contributed by atoms with Crippen LogP contribution in [-0.2, 0) is 6.42 Å². The summed E-state index contributed by atoms with van der Waals surface area (Å²) < 4.78 is 0. The number of nitrogens with one attached hydrogen (secondary N) is 1. The van der Waals surface area contributed by atoms with Crippen LogP contribution >= 0.6 is 0 Å².